The quantitative estimate of drug-likeness (QED) is 0.566. The van der Waals surface area contributed by atoms with Gasteiger partial charge in [0.05, 0.1) is 25.4 Å². The molecule has 1 unspecified atom stereocenters. The number of rotatable bonds is 7. The molecule has 10 heteroatoms. The first-order valence-corrected chi connectivity index (χ1v) is 9.63. The third-order valence-corrected chi connectivity index (χ3v) is 4.63. The summed E-state index contributed by atoms with van der Waals surface area (Å²) in [5, 5.41) is 9.85. The van der Waals surface area contributed by atoms with Gasteiger partial charge in [0.1, 0.15) is 18.3 Å². The van der Waals surface area contributed by atoms with Crippen molar-refractivity contribution < 1.29 is 23.9 Å². The molecule has 4 N–H and O–H groups in total. The fraction of sp³-hybridized carbons (Fsp3) is 0.722. The van der Waals surface area contributed by atoms with Crippen molar-refractivity contribution in [1.29, 1.82) is 0 Å². The number of nitrogens with zero attached hydrogens (tertiary/aromatic N) is 3. The Morgan fingerprint density at radius 3 is 2.54 bits per heavy atom. The third-order valence-electron chi connectivity index (χ3n) is 4.63. The monoisotopic (exact) mass is 396 g/mol. The lowest BCUT2D eigenvalue weighted by Crippen LogP contribution is -2.49. The molecule has 0 spiro atoms. The summed E-state index contributed by atoms with van der Waals surface area (Å²) in [6, 6.07) is 0. The number of nitrogens with one attached hydrogen (secondary N) is 1. The highest BCUT2D eigenvalue weighted by Gasteiger charge is 2.50. The van der Waals surface area contributed by atoms with Gasteiger partial charge in [-0.05, 0) is 34.6 Å². The van der Waals surface area contributed by atoms with Crippen LogP contribution in [0.15, 0.2) is 11.1 Å². The lowest BCUT2D eigenvalue weighted by Gasteiger charge is -2.26. The number of H-pyrrole nitrogens is 1. The van der Waals surface area contributed by atoms with Crippen LogP contribution in [0.1, 0.15) is 40.8 Å². The molecule has 10 nitrogen and oxygen atoms in total. The van der Waals surface area contributed by atoms with Gasteiger partial charge in [0, 0.05) is 0 Å². The lowest BCUT2D eigenvalue weighted by molar-refractivity contribution is -0.746. The van der Waals surface area contributed by atoms with Crippen LogP contribution in [-0.4, -0.2) is 56.8 Å². The Hall–Kier alpha value is -2.01. The lowest BCUT2D eigenvalue weighted by atomic mass is 10.1. The van der Waals surface area contributed by atoms with Gasteiger partial charge < -0.3 is 25.1 Å². The molecule has 0 bridgehead atoms. The fourth-order valence-electron chi connectivity index (χ4n) is 3.62. The Morgan fingerprint density at radius 1 is 1.32 bits per heavy atom. The van der Waals surface area contributed by atoms with Crippen molar-refractivity contribution in [2.24, 2.45) is 0 Å². The maximum Gasteiger partial charge on any atom is 0.313 e. The number of aliphatic hydroxyl groups excluding tert-OH is 1. The van der Waals surface area contributed by atoms with Crippen molar-refractivity contribution in [2.75, 3.05) is 12.3 Å². The number of aliphatic hydroxyl groups is 1. The zero-order valence-corrected chi connectivity index (χ0v) is 17.0. The minimum atomic E-state index is -0.632. The van der Waals surface area contributed by atoms with Crippen LogP contribution in [0, 0.1) is 0 Å². The summed E-state index contributed by atoms with van der Waals surface area (Å²) >= 11 is 0. The molecule has 28 heavy (non-hydrogen) atoms. The number of anilines is 1. The van der Waals surface area contributed by atoms with Crippen LogP contribution in [0.5, 0.6) is 0 Å². The molecule has 1 fully saturated rings. The molecule has 3 rings (SSSR count). The van der Waals surface area contributed by atoms with Gasteiger partial charge in [0.25, 0.3) is 11.5 Å². The molecule has 2 aromatic heterocycles. The first-order valence-electron chi connectivity index (χ1n) is 9.63. The minimum Gasteiger partial charge on any atom is -0.394 e. The predicted octanol–water partition coefficient (Wildman–Crippen LogP) is 0.0911. The Labute approximate surface area is 163 Å². The number of aromatic amines is 1. The zero-order valence-electron chi connectivity index (χ0n) is 17.0. The first kappa shape index (κ1) is 20.7. The number of hydrogen-bond donors (Lipinski definition) is 3. The summed E-state index contributed by atoms with van der Waals surface area (Å²) in [4.78, 5) is 19.3. The molecule has 0 saturated carbocycles. The molecule has 2 aromatic rings. The third kappa shape index (κ3) is 3.77. The Morgan fingerprint density at radius 2 is 1.96 bits per heavy atom. The van der Waals surface area contributed by atoms with Gasteiger partial charge in [0.2, 0.25) is 11.7 Å². The SMILES string of the molecule is CCn1c[n+]([C@@H]2O[C@H](CO)[C@H](OC(C)C)C2OC(C)C)c2nc(N)[nH]c(=O)c21. The van der Waals surface area contributed by atoms with Crippen LogP contribution >= 0.6 is 0 Å². The maximum atomic E-state index is 12.5. The van der Waals surface area contributed by atoms with Gasteiger partial charge in [-0.2, -0.15) is 0 Å². The zero-order chi connectivity index (χ0) is 20.6. The number of nitrogen functional groups attached to an aromatic ring is 1. The molecule has 1 aliphatic rings. The van der Waals surface area contributed by atoms with Crippen molar-refractivity contribution in [3.63, 3.8) is 0 Å². The molecule has 1 aliphatic heterocycles. The molecular formula is C18H30N5O5+. The normalized spacial score (nSPS) is 25.4. The van der Waals surface area contributed by atoms with E-state index in [1.165, 1.54) is 0 Å². The topological polar surface area (TPSA) is 128 Å². The summed E-state index contributed by atoms with van der Waals surface area (Å²) in [5.41, 5.74) is 6.25. The van der Waals surface area contributed by atoms with Crippen molar-refractivity contribution in [3.05, 3.63) is 16.7 Å². The number of aromatic nitrogens is 4. The molecule has 1 saturated heterocycles. The summed E-state index contributed by atoms with van der Waals surface area (Å²) < 4.78 is 21.8. The van der Waals surface area contributed by atoms with Crippen LogP contribution in [0.3, 0.4) is 0 Å². The van der Waals surface area contributed by atoms with E-state index in [1.54, 1.807) is 15.5 Å². The highest BCUT2D eigenvalue weighted by molar-refractivity contribution is 5.67. The van der Waals surface area contributed by atoms with Gasteiger partial charge in [-0.15, -0.1) is 0 Å². The molecule has 0 aliphatic carbocycles. The van der Waals surface area contributed by atoms with E-state index in [4.69, 9.17) is 19.9 Å². The summed E-state index contributed by atoms with van der Waals surface area (Å²) in [6.45, 7) is 9.98. The van der Waals surface area contributed by atoms with Crippen molar-refractivity contribution in [2.45, 2.75) is 77.9 Å². The standard InChI is InChI=1S/C18H29N5O5/c1-6-22-8-23(15-12(22)16(25)21-18(19)20-15)17-14(27-10(4)5)13(26-9(2)3)11(7-24)28-17/h8-11,13-14,17,24H,6-7H2,1-5H3,(H2-,19,20,21,25)/p+1/t11-,13+,14?,17-/m1/s1. The Balaban J connectivity index is 2.13. The molecule has 0 radical (unpaired) electrons. The van der Waals surface area contributed by atoms with Crippen LogP contribution in [0.25, 0.3) is 11.2 Å². The fourth-order valence-corrected chi connectivity index (χ4v) is 3.62. The summed E-state index contributed by atoms with van der Waals surface area (Å²) in [5.74, 6) is 0.0214. The smallest absolute Gasteiger partial charge is 0.313 e. The van der Waals surface area contributed by atoms with Gasteiger partial charge in [-0.1, -0.05) is 4.98 Å². The van der Waals surface area contributed by atoms with Crippen LogP contribution < -0.4 is 15.9 Å². The van der Waals surface area contributed by atoms with Gasteiger partial charge >= 0.3 is 5.65 Å². The molecular weight excluding hydrogens is 366 g/mol. The van der Waals surface area contributed by atoms with Crippen LogP contribution in [-0.2, 0) is 20.8 Å². The number of hydrogen-bond acceptors (Lipinski definition) is 7. The first-order chi connectivity index (χ1) is 13.3. The highest BCUT2D eigenvalue weighted by Crippen LogP contribution is 2.32. The highest BCUT2D eigenvalue weighted by atomic mass is 16.6. The van der Waals surface area contributed by atoms with E-state index in [1.807, 2.05) is 34.6 Å². The van der Waals surface area contributed by atoms with E-state index in [0.717, 1.165) is 0 Å². The van der Waals surface area contributed by atoms with Crippen LogP contribution in [0.2, 0.25) is 0 Å². The molecule has 4 atom stereocenters. The van der Waals surface area contributed by atoms with Gasteiger partial charge in [-0.3, -0.25) is 14.3 Å². The van der Waals surface area contributed by atoms with Crippen molar-refractivity contribution in [1.82, 2.24) is 14.5 Å². The number of fused-ring (bicyclic) bond motifs is 1. The largest absolute Gasteiger partial charge is 0.394 e. The van der Waals surface area contributed by atoms with E-state index < -0.39 is 24.5 Å². The number of nitrogens with two attached hydrogens (primary N) is 1. The number of aryl methyl sites for hydroxylation is 1. The van der Waals surface area contributed by atoms with Crippen molar-refractivity contribution in [3.8, 4) is 0 Å². The summed E-state index contributed by atoms with van der Waals surface area (Å²) in [6.07, 6.45) is -0.561. The minimum absolute atomic E-state index is 0.0214. The van der Waals surface area contributed by atoms with E-state index in [9.17, 15) is 9.90 Å². The molecule has 0 aromatic carbocycles. The van der Waals surface area contributed by atoms with E-state index in [2.05, 4.69) is 9.97 Å². The molecule has 3 heterocycles. The average Bonchev–Trinajstić information content (AvgIpc) is 3.12. The molecule has 156 valence electrons. The van der Waals surface area contributed by atoms with Crippen molar-refractivity contribution >= 4 is 17.1 Å². The predicted molar refractivity (Wildman–Crippen MR) is 102 cm³/mol. The second kappa shape index (κ2) is 8.16. The Kier molecular flexibility index (Phi) is 6.04. The number of imidazole rings is 1. The van der Waals surface area contributed by atoms with E-state index in [-0.39, 0.29) is 30.3 Å². The average molecular weight is 396 g/mol. The maximum absolute atomic E-state index is 12.5. The Bertz CT molecular complexity index is 877. The molecule has 0 amide bonds. The second-order valence-electron chi connectivity index (χ2n) is 7.48. The van der Waals surface area contributed by atoms with Gasteiger partial charge in [-0.25, -0.2) is 4.57 Å². The van der Waals surface area contributed by atoms with Crippen LogP contribution in [0.4, 0.5) is 5.95 Å². The second-order valence-corrected chi connectivity index (χ2v) is 7.48. The number of ether oxygens (including phenoxy) is 3. The van der Waals surface area contributed by atoms with E-state index in [0.29, 0.717) is 17.7 Å². The van der Waals surface area contributed by atoms with Gasteiger partial charge in [0.15, 0.2) is 6.33 Å². The summed E-state index contributed by atoms with van der Waals surface area (Å²) in [7, 11) is 0. The van der Waals surface area contributed by atoms with E-state index >= 15 is 0 Å².